The number of hydrogen-bond acceptors (Lipinski definition) is 4. The molecule has 1 aliphatic heterocycles. The third-order valence-corrected chi connectivity index (χ3v) is 5.15. The molecular weight excluding hydrogens is 312 g/mol. The second-order valence-corrected chi connectivity index (χ2v) is 6.94. The third kappa shape index (κ3) is 3.27. The average Bonchev–Trinajstić information content (AvgIpc) is 3.01. The minimum absolute atomic E-state index is 0.0283. The number of carboxylic acids is 1. The number of carboxylic acid groups (broad SMARTS) is 1. The molecule has 1 aromatic heterocycles. The molecule has 1 aromatic carbocycles. The van der Waals surface area contributed by atoms with Crippen molar-refractivity contribution < 1.29 is 14.7 Å². The lowest BCUT2D eigenvalue weighted by Crippen LogP contribution is -2.37. The Morgan fingerprint density at radius 1 is 1.26 bits per heavy atom. The number of hydrogen-bond donors (Lipinski definition) is 1. The van der Waals surface area contributed by atoms with Gasteiger partial charge in [-0.1, -0.05) is 18.2 Å². The van der Waals surface area contributed by atoms with Gasteiger partial charge in [0, 0.05) is 13.1 Å². The smallest absolute Gasteiger partial charge is 0.335 e. The zero-order chi connectivity index (χ0) is 16.4. The molecule has 0 bridgehead atoms. The highest BCUT2D eigenvalue weighted by molar-refractivity contribution is 7.13. The molecule has 0 unspecified atom stereocenters. The van der Waals surface area contributed by atoms with Gasteiger partial charge in [0.2, 0.25) is 0 Å². The number of aryl methyl sites for hydroxylation is 1. The molecule has 1 N–H and O–H groups in total. The fourth-order valence-electron chi connectivity index (χ4n) is 3.06. The van der Waals surface area contributed by atoms with Crippen LogP contribution in [-0.2, 0) is 0 Å². The number of likely N-dealkylation sites (tertiary alicyclic amines) is 1. The second kappa shape index (κ2) is 6.50. The molecule has 0 saturated carbocycles. The van der Waals surface area contributed by atoms with Gasteiger partial charge < -0.3 is 10.0 Å². The molecule has 1 aliphatic rings. The van der Waals surface area contributed by atoms with Crippen molar-refractivity contribution in [1.29, 1.82) is 0 Å². The van der Waals surface area contributed by atoms with Gasteiger partial charge in [-0.25, -0.2) is 9.78 Å². The third-order valence-electron chi connectivity index (χ3n) is 4.25. The molecule has 1 fully saturated rings. The van der Waals surface area contributed by atoms with Crippen molar-refractivity contribution >= 4 is 23.2 Å². The predicted octanol–water partition coefficient (Wildman–Crippen LogP) is 3.17. The van der Waals surface area contributed by atoms with E-state index in [1.54, 1.807) is 18.3 Å². The highest BCUT2D eigenvalue weighted by Gasteiger charge is 2.27. The Morgan fingerprint density at radius 2 is 1.96 bits per heavy atom. The van der Waals surface area contributed by atoms with Gasteiger partial charge in [-0.3, -0.25) is 4.79 Å². The van der Waals surface area contributed by atoms with E-state index < -0.39 is 5.97 Å². The number of thiazole rings is 1. The highest BCUT2D eigenvalue weighted by Crippen LogP contribution is 2.31. The molecule has 0 radical (unpaired) electrons. The van der Waals surface area contributed by atoms with Crippen LogP contribution in [0.2, 0.25) is 0 Å². The SMILES string of the molecule is Cc1ncc(C(=O)N2CCC(c3ccccc3C(=O)O)CC2)s1. The molecule has 0 atom stereocenters. The minimum Gasteiger partial charge on any atom is -0.478 e. The Hall–Kier alpha value is -2.21. The quantitative estimate of drug-likeness (QED) is 0.938. The number of nitrogens with zero attached hydrogens (tertiary/aromatic N) is 2. The van der Waals surface area contributed by atoms with E-state index in [1.807, 2.05) is 24.0 Å². The summed E-state index contributed by atoms with van der Waals surface area (Å²) in [6.45, 7) is 3.18. The lowest BCUT2D eigenvalue weighted by Gasteiger charge is -2.32. The van der Waals surface area contributed by atoms with Crippen molar-refractivity contribution in [2.24, 2.45) is 0 Å². The fraction of sp³-hybridized carbons (Fsp3) is 0.353. The van der Waals surface area contributed by atoms with Crippen LogP contribution >= 0.6 is 11.3 Å². The Kier molecular flexibility index (Phi) is 4.43. The molecule has 0 aliphatic carbocycles. The van der Waals surface area contributed by atoms with Crippen LogP contribution in [0.1, 0.15) is 49.4 Å². The van der Waals surface area contributed by atoms with Crippen molar-refractivity contribution in [3.63, 3.8) is 0 Å². The molecule has 120 valence electrons. The maximum absolute atomic E-state index is 12.4. The summed E-state index contributed by atoms with van der Waals surface area (Å²) in [6, 6.07) is 7.16. The first kappa shape index (κ1) is 15.7. The molecule has 1 amide bonds. The standard InChI is InChI=1S/C17H18N2O3S/c1-11-18-10-15(23-11)16(20)19-8-6-12(7-9-19)13-4-2-3-5-14(13)17(21)22/h2-5,10,12H,6-9H2,1H3,(H,21,22). The van der Waals surface area contributed by atoms with E-state index in [4.69, 9.17) is 0 Å². The van der Waals surface area contributed by atoms with Crippen LogP contribution < -0.4 is 0 Å². The molecule has 0 spiro atoms. The van der Waals surface area contributed by atoms with Crippen LogP contribution in [0.5, 0.6) is 0 Å². The Labute approximate surface area is 138 Å². The number of carbonyl (C=O) groups is 2. The number of aromatic carboxylic acids is 1. The van der Waals surface area contributed by atoms with Gasteiger partial charge in [0.1, 0.15) is 4.88 Å². The van der Waals surface area contributed by atoms with E-state index in [9.17, 15) is 14.7 Å². The minimum atomic E-state index is -0.890. The largest absolute Gasteiger partial charge is 0.478 e. The lowest BCUT2D eigenvalue weighted by atomic mass is 9.86. The second-order valence-electron chi connectivity index (χ2n) is 5.70. The van der Waals surface area contributed by atoms with Crippen molar-refractivity contribution in [1.82, 2.24) is 9.88 Å². The molecule has 5 nitrogen and oxygen atoms in total. The van der Waals surface area contributed by atoms with Gasteiger partial charge in [0.25, 0.3) is 5.91 Å². The summed E-state index contributed by atoms with van der Waals surface area (Å²) in [5, 5.41) is 10.2. The van der Waals surface area contributed by atoms with Gasteiger partial charge in [-0.15, -0.1) is 11.3 Å². The molecule has 6 heteroatoms. The molecule has 2 aromatic rings. The molecule has 3 rings (SSSR count). The summed E-state index contributed by atoms with van der Waals surface area (Å²) < 4.78 is 0. The van der Waals surface area contributed by atoms with Gasteiger partial charge in [0.15, 0.2) is 0 Å². The Balaban J connectivity index is 1.69. The summed E-state index contributed by atoms with van der Waals surface area (Å²) in [5.41, 5.74) is 1.25. The van der Waals surface area contributed by atoms with Gasteiger partial charge >= 0.3 is 5.97 Å². The van der Waals surface area contributed by atoms with Crippen LogP contribution in [0.3, 0.4) is 0 Å². The van der Waals surface area contributed by atoms with E-state index in [0.29, 0.717) is 23.5 Å². The fourth-order valence-corrected chi connectivity index (χ4v) is 3.80. The highest BCUT2D eigenvalue weighted by atomic mass is 32.1. The van der Waals surface area contributed by atoms with Gasteiger partial charge in [0.05, 0.1) is 16.8 Å². The number of piperidine rings is 1. The molecule has 2 heterocycles. The number of rotatable bonds is 3. The van der Waals surface area contributed by atoms with E-state index >= 15 is 0 Å². The molecular formula is C17H18N2O3S. The van der Waals surface area contributed by atoms with Crippen LogP contribution in [0.25, 0.3) is 0 Å². The number of aromatic nitrogens is 1. The van der Waals surface area contributed by atoms with Crippen molar-refractivity contribution in [2.45, 2.75) is 25.7 Å². The Morgan fingerprint density at radius 3 is 2.57 bits per heavy atom. The van der Waals surface area contributed by atoms with E-state index in [2.05, 4.69) is 4.98 Å². The maximum atomic E-state index is 12.4. The molecule has 1 saturated heterocycles. The first-order chi connectivity index (χ1) is 11.1. The van der Waals surface area contributed by atoms with Crippen LogP contribution in [0.15, 0.2) is 30.5 Å². The van der Waals surface area contributed by atoms with E-state index in [-0.39, 0.29) is 11.8 Å². The van der Waals surface area contributed by atoms with Crippen molar-refractivity contribution in [3.8, 4) is 0 Å². The maximum Gasteiger partial charge on any atom is 0.335 e. The summed E-state index contributed by atoms with van der Waals surface area (Å²) in [6.07, 6.45) is 3.20. The summed E-state index contributed by atoms with van der Waals surface area (Å²) in [4.78, 5) is 30.4. The van der Waals surface area contributed by atoms with E-state index in [0.717, 1.165) is 23.4 Å². The monoisotopic (exact) mass is 330 g/mol. The average molecular weight is 330 g/mol. The summed E-state index contributed by atoms with van der Waals surface area (Å²) in [5.74, 6) is -0.672. The number of amides is 1. The van der Waals surface area contributed by atoms with Crippen LogP contribution in [-0.4, -0.2) is 40.0 Å². The van der Waals surface area contributed by atoms with Crippen molar-refractivity contribution in [3.05, 3.63) is 51.5 Å². The normalized spacial score (nSPS) is 15.6. The predicted molar refractivity (Wildman–Crippen MR) is 88.1 cm³/mol. The van der Waals surface area contributed by atoms with Crippen LogP contribution in [0, 0.1) is 6.92 Å². The Bertz CT molecular complexity index is 733. The lowest BCUT2D eigenvalue weighted by molar-refractivity contribution is 0.0681. The topological polar surface area (TPSA) is 70.5 Å². The summed E-state index contributed by atoms with van der Waals surface area (Å²) >= 11 is 1.41. The molecule has 23 heavy (non-hydrogen) atoms. The number of carbonyl (C=O) groups excluding carboxylic acids is 1. The van der Waals surface area contributed by atoms with E-state index in [1.165, 1.54) is 11.3 Å². The number of benzene rings is 1. The van der Waals surface area contributed by atoms with Crippen molar-refractivity contribution in [2.75, 3.05) is 13.1 Å². The van der Waals surface area contributed by atoms with Gasteiger partial charge in [-0.05, 0) is 37.3 Å². The zero-order valence-corrected chi connectivity index (χ0v) is 13.7. The summed E-state index contributed by atoms with van der Waals surface area (Å²) in [7, 11) is 0. The van der Waals surface area contributed by atoms with Gasteiger partial charge in [-0.2, -0.15) is 0 Å². The van der Waals surface area contributed by atoms with Crippen LogP contribution in [0.4, 0.5) is 0 Å². The first-order valence-electron chi connectivity index (χ1n) is 7.60. The first-order valence-corrected chi connectivity index (χ1v) is 8.42. The zero-order valence-electron chi connectivity index (χ0n) is 12.9.